The van der Waals surface area contributed by atoms with Gasteiger partial charge in [-0.05, 0) is 43.2 Å². The van der Waals surface area contributed by atoms with Gasteiger partial charge in [0.05, 0.1) is 24.6 Å². The van der Waals surface area contributed by atoms with E-state index in [1.54, 1.807) is 44.4 Å². The first-order valence-electron chi connectivity index (χ1n) is 8.98. The average Bonchev–Trinajstić information content (AvgIpc) is 3.43. The van der Waals surface area contributed by atoms with Crippen LogP contribution >= 0.6 is 0 Å². The molecule has 0 spiro atoms. The van der Waals surface area contributed by atoms with Crippen molar-refractivity contribution in [2.75, 3.05) is 13.7 Å². The molecule has 0 amide bonds. The Morgan fingerprint density at radius 1 is 1.14 bits per heavy atom. The third-order valence-corrected chi connectivity index (χ3v) is 5.03. The molecule has 3 rings (SSSR count). The third kappa shape index (κ3) is 3.60. The molecule has 7 nitrogen and oxygen atoms in total. The Labute approximate surface area is 162 Å². The van der Waals surface area contributed by atoms with E-state index >= 15 is 0 Å². The van der Waals surface area contributed by atoms with Crippen molar-refractivity contribution in [2.24, 2.45) is 11.8 Å². The molecule has 1 aliphatic carbocycles. The smallest absolute Gasteiger partial charge is 0.310 e. The van der Waals surface area contributed by atoms with E-state index < -0.39 is 28.6 Å². The van der Waals surface area contributed by atoms with Crippen LogP contribution in [0.15, 0.2) is 42.5 Å². The molecule has 0 radical (unpaired) electrons. The maximum absolute atomic E-state index is 13.1. The lowest BCUT2D eigenvalue weighted by Gasteiger charge is -2.07. The molecule has 0 aliphatic heterocycles. The van der Waals surface area contributed by atoms with Crippen molar-refractivity contribution in [3.8, 4) is 5.75 Å². The number of rotatable bonds is 7. The molecule has 1 aliphatic rings. The van der Waals surface area contributed by atoms with Crippen LogP contribution in [0.4, 0.5) is 5.69 Å². The summed E-state index contributed by atoms with van der Waals surface area (Å²) in [5.74, 6) is -1.65. The number of non-ortho nitro benzene ring substituents is 1. The molecule has 3 atom stereocenters. The first-order chi connectivity index (χ1) is 13.4. The first kappa shape index (κ1) is 19.5. The number of carbonyl (C=O) groups is 2. The Kier molecular flexibility index (Phi) is 5.44. The van der Waals surface area contributed by atoms with Gasteiger partial charge >= 0.3 is 5.97 Å². The Hall–Kier alpha value is -3.22. The fraction of sp³-hybridized carbons (Fsp3) is 0.333. The number of Topliss-reactive ketones (excluding diaryl/α,β-unsaturated/α-hetero) is 1. The number of nitrogens with zero attached hydrogens (tertiary/aromatic N) is 1. The number of aryl methyl sites for hydroxylation is 1. The highest BCUT2D eigenvalue weighted by Gasteiger charge is 2.60. The lowest BCUT2D eigenvalue weighted by Crippen LogP contribution is -2.12. The van der Waals surface area contributed by atoms with Gasteiger partial charge in [-0.25, -0.2) is 0 Å². The van der Waals surface area contributed by atoms with Crippen LogP contribution < -0.4 is 4.74 Å². The number of hydrogen-bond acceptors (Lipinski definition) is 6. The van der Waals surface area contributed by atoms with Crippen LogP contribution in [0.2, 0.25) is 0 Å². The Bertz CT molecular complexity index is 938. The molecule has 0 bridgehead atoms. The van der Waals surface area contributed by atoms with E-state index in [-0.39, 0.29) is 18.1 Å². The minimum absolute atomic E-state index is 0.0708. The van der Waals surface area contributed by atoms with Gasteiger partial charge in [0, 0.05) is 29.5 Å². The lowest BCUT2D eigenvalue weighted by molar-refractivity contribution is -0.384. The maximum atomic E-state index is 13.1. The van der Waals surface area contributed by atoms with Crippen LogP contribution in [0.1, 0.15) is 34.3 Å². The highest BCUT2D eigenvalue weighted by Crippen LogP contribution is 2.56. The van der Waals surface area contributed by atoms with Gasteiger partial charge in [-0.3, -0.25) is 19.7 Å². The zero-order valence-electron chi connectivity index (χ0n) is 15.9. The molecule has 2 aromatic rings. The number of hydrogen-bond donors (Lipinski definition) is 0. The second-order valence-corrected chi connectivity index (χ2v) is 6.73. The van der Waals surface area contributed by atoms with E-state index in [1.807, 2.05) is 6.92 Å². The van der Waals surface area contributed by atoms with Gasteiger partial charge < -0.3 is 9.47 Å². The molecule has 3 unspecified atom stereocenters. The number of nitro groups is 1. The molecular weight excluding hydrogens is 362 g/mol. The number of carbonyl (C=O) groups excluding carboxylic acids is 2. The van der Waals surface area contributed by atoms with Gasteiger partial charge in [0.1, 0.15) is 5.75 Å². The molecule has 1 fully saturated rings. The summed E-state index contributed by atoms with van der Waals surface area (Å²) in [7, 11) is 1.56. The van der Waals surface area contributed by atoms with Crippen LogP contribution in [-0.4, -0.2) is 30.4 Å². The number of methoxy groups -OCH3 is 1. The van der Waals surface area contributed by atoms with Crippen LogP contribution in [0.5, 0.6) is 5.75 Å². The van der Waals surface area contributed by atoms with Gasteiger partial charge in [0.2, 0.25) is 0 Å². The molecule has 7 heteroatoms. The second-order valence-electron chi connectivity index (χ2n) is 6.73. The zero-order valence-corrected chi connectivity index (χ0v) is 15.9. The molecule has 1 saturated carbocycles. The molecule has 0 aromatic heterocycles. The molecule has 2 aromatic carbocycles. The summed E-state index contributed by atoms with van der Waals surface area (Å²) < 4.78 is 10.4. The van der Waals surface area contributed by atoms with Crippen molar-refractivity contribution in [1.29, 1.82) is 0 Å². The number of ether oxygens (including phenoxy) is 2. The van der Waals surface area contributed by atoms with E-state index in [9.17, 15) is 19.7 Å². The van der Waals surface area contributed by atoms with Gasteiger partial charge in [-0.2, -0.15) is 0 Å². The van der Waals surface area contributed by atoms with Gasteiger partial charge in [-0.15, -0.1) is 0 Å². The highest BCUT2D eigenvalue weighted by molar-refractivity contribution is 6.04. The lowest BCUT2D eigenvalue weighted by atomic mass is 10.0. The summed E-state index contributed by atoms with van der Waals surface area (Å²) in [6, 6.07) is 11.2. The standard InChI is InChI=1S/C21H21NO6/c1-4-28-21(24)19-17(13-6-5-7-15(11-13)22(25)26)18(19)20(23)14-8-9-16(27-3)12(2)10-14/h5-11,17-19H,4H2,1-3H3. The van der Waals surface area contributed by atoms with Gasteiger partial charge in [0.15, 0.2) is 5.78 Å². The quantitative estimate of drug-likeness (QED) is 0.313. The molecule has 0 saturated heterocycles. The SMILES string of the molecule is CCOC(=O)C1C(C(=O)c2ccc(OC)c(C)c2)C1c1cccc([N+](=O)[O-])c1. The number of benzene rings is 2. The van der Waals surface area contributed by atoms with Crippen LogP contribution in [0, 0.1) is 28.9 Å². The van der Waals surface area contributed by atoms with E-state index in [0.29, 0.717) is 16.9 Å². The summed E-state index contributed by atoms with van der Waals surface area (Å²) in [6.07, 6.45) is 0. The van der Waals surface area contributed by atoms with Crippen molar-refractivity contribution in [3.05, 3.63) is 69.3 Å². The predicted molar refractivity (Wildman–Crippen MR) is 102 cm³/mol. The molecule has 0 heterocycles. The fourth-order valence-corrected chi connectivity index (χ4v) is 3.65. The summed E-state index contributed by atoms with van der Waals surface area (Å²) in [5, 5.41) is 11.1. The highest BCUT2D eigenvalue weighted by atomic mass is 16.6. The van der Waals surface area contributed by atoms with Crippen LogP contribution in [-0.2, 0) is 9.53 Å². The minimum atomic E-state index is -0.642. The maximum Gasteiger partial charge on any atom is 0.310 e. The molecular formula is C21H21NO6. The number of ketones is 1. The molecule has 0 N–H and O–H groups in total. The predicted octanol–water partition coefficient (Wildman–Crippen LogP) is 3.69. The normalized spacial score (nSPS) is 20.3. The summed E-state index contributed by atoms with van der Waals surface area (Å²) in [5.41, 5.74) is 1.81. The van der Waals surface area contributed by atoms with Crippen molar-refractivity contribution in [1.82, 2.24) is 0 Å². The molecule has 146 valence electrons. The summed E-state index contributed by atoms with van der Waals surface area (Å²) in [6.45, 7) is 3.75. The second kappa shape index (κ2) is 7.80. The zero-order chi connectivity index (χ0) is 20.4. The van der Waals surface area contributed by atoms with Crippen molar-refractivity contribution < 1.29 is 24.0 Å². The van der Waals surface area contributed by atoms with Gasteiger partial charge in [0.25, 0.3) is 5.69 Å². The number of nitro benzene ring substituents is 1. The Morgan fingerprint density at radius 3 is 2.50 bits per heavy atom. The van der Waals surface area contributed by atoms with Gasteiger partial charge in [-0.1, -0.05) is 12.1 Å². The van der Waals surface area contributed by atoms with Crippen LogP contribution in [0.25, 0.3) is 0 Å². The monoisotopic (exact) mass is 383 g/mol. The van der Waals surface area contributed by atoms with E-state index in [0.717, 1.165) is 5.56 Å². The van der Waals surface area contributed by atoms with Crippen molar-refractivity contribution in [2.45, 2.75) is 19.8 Å². The third-order valence-electron chi connectivity index (χ3n) is 5.03. The fourth-order valence-electron chi connectivity index (χ4n) is 3.65. The van der Waals surface area contributed by atoms with Crippen molar-refractivity contribution in [3.63, 3.8) is 0 Å². The summed E-state index contributed by atoms with van der Waals surface area (Å²) >= 11 is 0. The first-order valence-corrected chi connectivity index (χ1v) is 8.98. The van der Waals surface area contributed by atoms with E-state index in [2.05, 4.69) is 0 Å². The average molecular weight is 383 g/mol. The minimum Gasteiger partial charge on any atom is -0.496 e. The van der Waals surface area contributed by atoms with E-state index in [1.165, 1.54) is 12.1 Å². The van der Waals surface area contributed by atoms with E-state index in [4.69, 9.17) is 9.47 Å². The largest absolute Gasteiger partial charge is 0.496 e. The number of esters is 1. The summed E-state index contributed by atoms with van der Waals surface area (Å²) in [4.78, 5) is 36.1. The molecule has 28 heavy (non-hydrogen) atoms. The Morgan fingerprint density at radius 2 is 1.89 bits per heavy atom. The van der Waals surface area contributed by atoms with Crippen molar-refractivity contribution >= 4 is 17.4 Å². The topological polar surface area (TPSA) is 95.7 Å². The Balaban J connectivity index is 1.94. The van der Waals surface area contributed by atoms with Crippen LogP contribution in [0.3, 0.4) is 0 Å².